The summed E-state index contributed by atoms with van der Waals surface area (Å²) < 4.78 is 10.4. The summed E-state index contributed by atoms with van der Waals surface area (Å²) in [5.41, 5.74) is 2.97. The highest BCUT2D eigenvalue weighted by atomic mass is 16.5. The minimum absolute atomic E-state index is 0.161. The maximum atomic E-state index is 11.5. The van der Waals surface area contributed by atoms with Gasteiger partial charge in [0.2, 0.25) is 0 Å². The first-order valence-corrected chi connectivity index (χ1v) is 6.20. The van der Waals surface area contributed by atoms with Crippen LogP contribution in [-0.4, -0.2) is 12.3 Å². The molecule has 0 spiro atoms. The van der Waals surface area contributed by atoms with Gasteiger partial charge in [-0.3, -0.25) is 9.59 Å². The van der Waals surface area contributed by atoms with E-state index in [9.17, 15) is 9.59 Å². The van der Waals surface area contributed by atoms with E-state index in [1.165, 1.54) is 6.26 Å². The Kier molecular flexibility index (Phi) is 4.00. The molecule has 4 nitrogen and oxygen atoms in total. The molecule has 0 fully saturated rings. The van der Waals surface area contributed by atoms with Crippen molar-refractivity contribution in [2.24, 2.45) is 5.92 Å². The maximum Gasteiger partial charge on any atom is 0.306 e. The number of aldehydes is 1. The van der Waals surface area contributed by atoms with Crippen LogP contribution in [0.3, 0.4) is 0 Å². The van der Waals surface area contributed by atoms with E-state index < -0.39 is 0 Å². The first-order valence-electron chi connectivity index (χ1n) is 6.20. The summed E-state index contributed by atoms with van der Waals surface area (Å²) in [6.07, 6.45) is 4.25. The molecule has 0 atom stereocenters. The Morgan fingerprint density at radius 3 is 2.79 bits per heavy atom. The van der Waals surface area contributed by atoms with Crippen LogP contribution in [0.25, 0.3) is 11.1 Å². The highest BCUT2D eigenvalue weighted by Gasteiger charge is 2.15. The molecule has 0 amide bonds. The predicted molar refractivity (Wildman–Crippen MR) is 70.0 cm³/mol. The van der Waals surface area contributed by atoms with Gasteiger partial charge in [-0.15, -0.1) is 0 Å². The van der Waals surface area contributed by atoms with Crippen LogP contribution in [0.4, 0.5) is 0 Å². The first-order chi connectivity index (χ1) is 9.11. The minimum atomic E-state index is -0.228. The molecule has 0 aromatic heterocycles. The lowest BCUT2D eigenvalue weighted by Gasteiger charge is -2.09. The molecule has 19 heavy (non-hydrogen) atoms. The summed E-state index contributed by atoms with van der Waals surface area (Å²) in [5, 5.41) is 0. The zero-order chi connectivity index (χ0) is 13.8. The number of carbonyl (C=O) groups is 2. The summed E-state index contributed by atoms with van der Waals surface area (Å²) in [7, 11) is 0. The Bertz CT molecular complexity index is 553. The first kappa shape index (κ1) is 13.3. The van der Waals surface area contributed by atoms with Crippen LogP contribution in [0.15, 0.2) is 29.1 Å². The van der Waals surface area contributed by atoms with Gasteiger partial charge in [0.1, 0.15) is 6.61 Å². The van der Waals surface area contributed by atoms with Crippen LogP contribution in [0, 0.1) is 5.92 Å². The van der Waals surface area contributed by atoms with E-state index in [4.69, 9.17) is 9.15 Å². The second kappa shape index (κ2) is 5.69. The van der Waals surface area contributed by atoms with Crippen LogP contribution >= 0.6 is 0 Å². The molecule has 1 aliphatic heterocycles. The molecule has 1 aliphatic carbocycles. The van der Waals surface area contributed by atoms with Crippen LogP contribution in [-0.2, 0) is 16.1 Å². The third-order valence-corrected chi connectivity index (χ3v) is 2.86. The Hall–Kier alpha value is -2.10. The highest BCUT2D eigenvalue weighted by molar-refractivity contribution is 5.90. The van der Waals surface area contributed by atoms with Crippen molar-refractivity contribution in [1.82, 2.24) is 0 Å². The lowest BCUT2D eigenvalue weighted by Crippen LogP contribution is -2.08. The fraction of sp³-hybridized carbons (Fsp3) is 0.333. The van der Waals surface area contributed by atoms with Gasteiger partial charge in [0.05, 0.1) is 12.5 Å². The van der Waals surface area contributed by atoms with Gasteiger partial charge in [0.15, 0.2) is 6.29 Å². The fourth-order valence-corrected chi connectivity index (χ4v) is 1.93. The topological polar surface area (TPSA) is 56.5 Å². The Morgan fingerprint density at radius 1 is 1.32 bits per heavy atom. The van der Waals surface area contributed by atoms with E-state index in [2.05, 4.69) is 0 Å². The molecular weight excluding hydrogens is 244 g/mol. The molecule has 0 aromatic carbocycles. The third-order valence-electron chi connectivity index (χ3n) is 2.86. The van der Waals surface area contributed by atoms with E-state index in [0.29, 0.717) is 12.0 Å². The Labute approximate surface area is 111 Å². The number of carbonyl (C=O) groups excluding carboxylic acids is 2. The molecular formula is C15H16O4. The highest BCUT2D eigenvalue weighted by Crippen LogP contribution is 2.30. The van der Waals surface area contributed by atoms with Crippen LogP contribution in [0.1, 0.15) is 36.2 Å². The monoisotopic (exact) mass is 260 g/mol. The molecule has 0 bridgehead atoms. The summed E-state index contributed by atoms with van der Waals surface area (Å²) in [6.45, 7) is 4.09. The number of rotatable bonds is 5. The Morgan fingerprint density at radius 2 is 2.11 bits per heavy atom. The zero-order valence-corrected chi connectivity index (χ0v) is 11.0. The molecule has 0 saturated heterocycles. The fourth-order valence-electron chi connectivity index (χ4n) is 1.93. The van der Waals surface area contributed by atoms with Crippen molar-refractivity contribution < 1.29 is 18.7 Å². The van der Waals surface area contributed by atoms with Crippen molar-refractivity contribution in [1.29, 1.82) is 0 Å². The van der Waals surface area contributed by atoms with Crippen molar-refractivity contribution in [2.45, 2.75) is 26.9 Å². The number of esters is 1. The molecule has 4 heteroatoms. The van der Waals surface area contributed by atoms with Gasteiger partial charge in [-0.1, -0.05) is 26.0 Å². The smallest absolute Gasteiger partial charge is 0.306 e. The standard InChI is InChI=1S/C15H16O4/c1-10(2)5-15(17)19-8-12-7-18-9-14-11(6-16)3-4-13(12)14/h3-4,6-7,9-10H,5,8H2,1-2H3. The van der Waals surface area contributed by atoms with Gasteiger partial charge < -0.3 is 9.15 Å². The number of ether oxygens (including phenoxy) is 1. The summed E-state index contributed by atoms with van der Waals surface area (Å²) in [6, 6.07) is 3.56. The summed E-state index contributed by atoms with van der Waals surface area (Å²) >= 11 is 0. The zero-order valence-electron chi connectivity index (χ0n) is 11.0. The number of fused-ring (bicyclic) bond motifs is 1. The van der Waals surface area contributed by atoms with Crippen LogP contribution in [0.5, 0.6) is 0 Å². The second-order valence-electron chi connectivity index (χ2n) is 4.89. The van der Waals surface area contributed by atoms with E-state index in [0.717, 1.165) is 23.0 Å². The number of hydrogen-bond acceptors (Lipinski definition) is 4. The SMILES string of the molecule is CC(C)CC(=O)OCc1cocc2c(C=O)ccc1-2. The molecule has 0 unspecified atom stereocenters. The normalized spacial score (nSPS) is 10.9. The molecule has 0 radical (unpaired) electrons. The Balaban J connectivity index is 2.10. The summed E-state index contributed by atoms with van der Waals surface area (Å²) in [5.74, 6) is 0.0442. The van der Waals surface area contributed by atoms with Crippen molar-refractivity contribution in [3.63, 3.8) is 0 Å². The maximum absolute atomic E-state index is 11.5. The largest absolute Gasteiger partial charge is 0.472 e. The lowest BCUT2D eigenvalue weighted by atomic mass is 10.1. The molecule has 0 aromatic rings. The molecule has 1 heterocycles. The number of hydrogen-bond donors (Lipinski definition) is 0. The van der Waals surface area contributed by atoms with Crippen LogP contribution in [0.2, 0.25) is 0 Å². The van der Waals surface area contributed by atoms with E-state index in [1.807, 2.05) is 19.9 Å². The minimum Gasteiger partial charge on any atom is -0.472 e. The molecule has 2 rings (SSSR count). The van der Waals surface area contributed by atoms with E-state index >= 15 is 0 Å². The van der Waals surface area contributed by atoms with Gasteiger partial charge >= 0.3 is 5.97 Å². The molecule has 100 valence electrons. The third kappa shape index (κ3) is 3.02. The predicted octanol–water partition coefficient (Wildman–Crippen LogP) is 3.29. The average Bonchev–Trinajstić information content (AvgIpc) is 2.79. The molecule has 0 saturated carbocycles. The summed E-state index contributed by atoms with van der Waals surface area (Å²) in [4.78, 5) is 22.4. The quantitative estimate of drug-likeness (QED) is 0.611. The van der Waals surface area contributed by atoms with E-state index in [-0.39, 0.29) is 18.5 Å². The van der Waals surface area contributed by atoms with Gasteiger partial charge in [0.25, 0.3) is 0 Å². The lowest BCUT2D eigenvalue weighted by molar-refractivity contribution is -0.145. The average molecular weight is 260 g/mol. The van der Waals surface area contributed by atoms with Gasteiger partial charge in [-0.25, -0.2) is 0 Å². The van der Waals surface area contributed by atoms with Crippen molar-refractivity contribution in [3.05, 3.63) is 35.8 Å². The molecule has 2 aliphatic rings. The van der Waals surface area contributed by atoms with Gasteiger partial charge in [-0.05, 0) is 11.5 Å². The van der Waals surface area contributed by atoms with Crippen LogP contribution < -0.4 is 0 Å². The second-order valence-corrected chi connectivity index (χ2v) is 4.89. The van der Waals surface area contributed by atoms with Gasteiger partial charge in [0, 0.05) is 23.1 Å². The van der Waals surface area contributed by atoms with Crippen molar-refractivity contribution in [2.75, 3.05) is 0 Å². The van der Waals surface area contributed by atoms with Crippen molar-refractivity contribution in [3.8, 4) is 11.1 Å². The van der Waals surface area contributed by atoms with E-state index in [1.54, 1.807) is 12.3 Å². The van der Waals surface area contributed by atoms with Crippen molar-refractivity contribution >= 4 is 12.3 Å². The molecule has 0 N–H and O–H groups in total. The van der Waals surface area contributed by atoms with Gasteiger partial charge in [-0.2, -0.15) is 0 Å².